The Morgan fingerprint density at radius 3 is 2.79 bits per heavy atom. The number of fused-ring (bicyclic) bond motifs is 1. The quantitative estimate of drug-likeness (QED) is 0.711. The van der Waals surface area contributed by atoms with E-state index in [0.29, 0.717) is 0 Å². The van der Waals surface area contributed by atoms with E-state index in [4.69, 9.17) is 4.98 Å². The normalized spacial score (nSPS) is 11.0. The highest BCUT2D eigenvalue weighted by Gasteiger charge is 2.09. The average molecular weight is 251 g/mol. The van der Waals surface area contributed by atoms with E-state index < -0.39 is 0 Å². The lowest BCUT2D eigenvalue weighted by Gasteiger charge is -2.08. The first kappa shape index (κ1) is 11.9. The molecule has 3 heteroatoms. The first-order valence-corrected chi connectivity index (χ1v) is 6.71. The summed E-state index contributed by atoms with van der Waals surface area (Å²) >= 11 is 0. The van der Waals surface area contributed by atoms with Crippen molar-refractivity contribution in [3.63, 3.8) is 0 Å². The van der Waals surface area contributed by atoms with E-state index in [0.717, 1.165) is 30.7 Å². The van der Waals surface area contributed by atoms with Crippen LogP contribution in [0.4, 0.5) is 0 Å². The molecule has 0 aliphatic heterocycles. The third kappa shape index (κ3) is 2.36. The third-order valence-corrected chi connectivity index (χ3v) is 3.27. The lowest BCUT2D eigenvalue weighted by molar-refractivity contribution is 0.720. The maximum atomic E-state index is 4.74. The summed E-state index contributed by atoms with van der Waals surface area (Å²) in [6, 6.07) is 12.4. The van der Waals surface area contributed by atoms with Crippen LogP contribution in [0, 0.1) is 0 Å². The molecular formula is C16H17N3. The minimum absolute atomic E-state index is 0.837. The van der Waals surface area contributed by atoms with Gasteiger partial charge in [-0.3, -0.25) is 4.98 Å². The summed E-state index contributed by atoms with van der Waals surface area (Å²) in [4.78, 5) is 8.93. The number of aryl methyl sites for hydroxylation is 1. The van der Waals surface area contributed by atoms with Crippen LogP contribution in [0.5, 0.6) is 0 Å². The van der Waals surface area contributed by atoms with Gasteiger partial charge >= 0.3 is 0 Å². The van der Waals surface area contributed by atoms with Gasteiger partial charge in [-0.15, -0.1) is 0 Å². The van der Waals surface area contributed by atoms with Crippen LogP contribution in [-0.4, -0.2) is 14.5 Å². The molecule has 2 heterocycles. The molecule has 0 spiro atoms. The van der Waals surface area contributed by atoms with E-state index in [9.17, 15) is 0 Å². The van der Waals surface area contributed by atoms with Gasteiger partial charge in [0.1, 0.15) is 5.82 Å². The third-order valence-electron chi connectivity index (χ3n) is 3.27. The molecule has 0 saturated carbocycles. The standard InChI is InChI=1S/C16H17N3/c1-2-6-16-18-14-8-3-4-9-15(14)19(16)12-13-7-5-10-17-11-13/h3-5,7-11H,2,6,12H2,1H3. The Morgan fingerprint density at radius 1 is 1.11 bits per heavy atom. The number of imidazole rings is 1. The number of hydrogen-bond acceptors (Lipinski definition) is 2. The first-order valence-electron chi connectivity index (χ1n) is 6.71. The zero-order valence-electron chi connectivity index (χ0n) is 11.1. The van der Waals surface area contributed by atoms with Crippen molar-refractivity contribution in [3.05, 3.63) is 60.2 Å². The molecule has 96 valence electrons. The zero-order valence-corrected chi connectivity index (χ0v) is 11.1. The number of para-hydroxylation sites is 2. The Bertz CT molecular complexity index is 671. The smallest absolute Gasteiger partial charge is 0.110 e. The number of hydrogen-bond donors (Lipinski definition) is 0. The van der Waals surface area contributed by atoms with Gasteiger partial charge in [0.2, 0.25) is 0 Å². The van der Waals surface area contributed by atoms with E-state index in [1.165, 1.54) is 11.1 Å². The first-order chi connectivity index (χ1) is 9.38. The largest absolute Gasteiger partial charge is 0.323 e. The van der Waals surface area contributed by atoms with Crippen LogP contribution in [0.3, 0.4) is 0 Å². The molecular weight excluding hydrogens is 234 g/mol. The maximum absolute atomic E-state index is 4.74. The monoisotopic (exact) mass is 251 g/mol. The van der Waals surface area contributed by atoms with Crippen LogP contribution in [0.2, 0.25) is 0 Å². The lowest BCUT2D eigenvalue weighted by atomic mass is 10.2. The Hall–Kier alpha value is -2.16. The Balaban J connectivity index is 2.07. The van der Waals surface area contributed by atoms with Crippen molar-refractivity contribution in [2.75, 3.05) is 0 Å². The van der Waals surface area contributed by atoms with Crippen molar-refractivity contribution >= 4 is 11.0 Å². The molecule has 3 aromatic rings. The average Bonchev–Trinajstić information content (AvgIpc) is 2.79. The Labute approximate surface area is 112 Å². The fraction of sp³-hybridized carbons (Fsp3) is 0.250. The SMILES string of the molecule is CCCc1nc2ccccc2n1Cc1cccnc1. The molecule has 0 radical (unpaired) electrons. The molecule has 0 unspecified atom stereocenters. The van der Waals surface area contributed by atoms with E-state index in [1.54, 1.807) is 0 Å². The number of rotatable bonds is 4. The minimum atomic E-state index is 0.837. The second kappa shape index (κ2) is 5.22. The van der Waals surface area contributed by atoms with Gasteiger partial charge in [-0.25, -0.2) is 4.98 Å². The fourth-order valence-electron chi connectivity index (χ4n) is 2.39. The highest BCUT2D eigenvalue weighted by atomic mass is 15.1. The molecule has 19 heavy (non-hydrogen) atoms. The van der Waals surface area contributed by atoms with Gasteiger partial charge in [-0.05, 0) is 30.2 Å². The molecule has 0 aliphatic carbocycles. The molecule has 3 rings (SSSR count). The highest BCUT2D eigenvalue weighted by Crippen LogP contribution is 2.18. The molecule has 1 aromatic carbocycles. The van der Waals surface area contributed by atoms with Gasteiger partial charge in [0.25, 0.3) is 0 Å². The van der Waals surface area contributed by atoms with Crippen LogP contribution in [0.25, 0.3) is 11.0 Å². The van der Waals surface area contributed by atoms with Crippen molar-refractivity contribution in [2.45, 2.75) is 26.3 Å². The van der Waals surface area contributed by atoms with Crippen LogP contribution >= 0.6 is 0 Å². The number of nitrogens with zero attached hydrogens (tertiary/aromatic N) is 3. The van der Waals surface area contributed by atoms with Crippen molar-refractivity contribution in [2.24, 2.45) is 0 Å². The summed E-state index contributed by atoms with van der Waals surface area (Å²) in [6.07, 6.45) is 5.85. The number of benzene rings is 1. The second-order valence-electron chi connectivity index (χ2n) is 4.71. The molecule has 0 saturated heterocycles. The molecule has 0 bridgehead atoms. The van der Waals surface area contributed by atoms with E-state index in [1.807, 2.05) is 24.5 Å². The lowest BCUT2D eigenvalue weighted by Crippen LogP contribution is -2.05. The maximum Gasteiger partial charge on any atom is 0.110 e. The van der Waals surface area contributed by atoms with Crippen LogP contribution in [0.15, 0.2) is 48.8 Å². The molecule has 0 N–H and O–H groups in total. The van der Waals surface area contributed by atoms with Gasteiger partial charge in [0, 0.05) is 18.8 Å². The Morgan fingerprint density at radius 2 is 2.00 bits per heavy atom. The van der Waals surface area contributed by atoms with Gasteiger partial charge < -0.3 is 4.57 Å². The van der Waals surface area contributed by atoms with Crippen molar-refractivity contribution in [3.8, 4) is 0 Å². The van der Waals surface area contributed by atoms with Crippen LogP contribution in [0.1, 0.15) is 24.7 Å². The fourth-order valence-corrected chi connectivity index (χ4v) is 2.39. The molecule has 0 atom stereocenters. The number of aromatic nitrogens is 3. The van der Waals surface area contributed by atoms with E-state index in [-0.39, 0.29) is 0 Å². The summed E-state index contributed by atoms with van der Waals surface area (Å²) in [6.45, 7) is 3.03. The molecule has 3 nitrogen and oxygen atoms in total. The summed E-state index contributed by atoms with van der Waals surface area (Å²) in [5.41, 5.74) is 3.49. The molecule has 0 fully saturated rings. The highest BCUT2D eigenvalue weighted by molar-refractivity contribution is 5.76. The molecule has 0 amide bonds. The second-order valence-corrected chi connectivity index (χ2v) is 4.71. The van der Waals surface area contributed by atoms with Gasteiger partial charge in [0.15, 0.2) is 0 Å². The van der Waals surface area contributed by atoms with E-state index in [2.05, 4.69) is 40.7 Å². The van der Waals surface area contributed by atoms with Crippen LogP contribution in [-0.2, 0) is 13.0 Å². The molecule has 0 aliphatic rings. The van der Waals surface area contributed by atoms with Gasteiger partial charge in [-0.2, -0.15) is 0 Å². The molecule has 2 aromatic heterocycles. The van der Waals surface area contributed by atoms with Gasteiger partial charge in [-0.1, -0.05) is 25.1 Å². The van der Waals surface area contributed by atoms with Crippen LogP contribution < -0.4 is 0 Å². The number of pyridine rings is 1. The summed E-state index contributed by atoms with van der Waals surface area (Å²) in [5.74, 6) is 1.16. The minimum Gasteiger partial charge on any atom is -0.323 e. The van der Waals surface area contributed by atoms with Crippen molar-refractivity contribution in [1.82, 2.24) is 14.5 Å². The van der Waals surface area contributed by atoms with Gasteiger partial charge in [0.05, 0.1) is 17.6 Å². The summed E-state index contributed by atoms with van der Waals surface area (Å²) in [7, 11) is 0. The Kier molecular flexibility index (Phi) is 3.27. The topological polar surface area (TPSA) is 30.7 Å². The van der Waals surface area contributed by atoms with Crippen molar-refractivity contribution < 1.29 is 0 Å². The van der Waals surface area contributed by atoms with Crippen molar-refractivity contribution in [1.29, 1.82) is 0 Å². The summed E-state index contributed by atoms with van der Waals surface area (Å²) < 4.78 is 2.30. The van der Waals surface area contributed by atoms with E-state index >= 15 is 0 Å². The predicted molar refractivity (Wildman–Crippen MR) is 77.1 cm³/mol. The zero-order chi connectivity index (χ0) is 13.1. The summed E-state index contributed by atoms with van der Waals surface area (Å²) in [5, 5.41) is 0. The predicted octanol–water partition coefficient (Wildman–Crippen LogP) is 3.43.